The van der Waals surface area contributed by atoms with Crippen LogP contribution in [-0.2, 0) is 4.84 Å². The Hall–Kier alpha value is -1.75. The number of hydrogen-bond donors (Lipinski definition) is 1. The van der Waals surface area contributed by atoms with Crippen molar-refractivity contribution in [1.82, 2.24) is 4.90 Å². The molecule has 1 rings (SSSR count). The summed E-state index contributed by atoms with van der Waals surface area (Å²) in [7, 11) is 6.69. The van der Waals surface area contributed by atoms with E-state index in [0.717, 1.165) is 0 Å². The molecular weight excluding hydrogens is 206 g/mol. The van der Waals surface area contributed by atoms with E-state index in [1.807, 2.05) is 0 Å². The molecule has 0 saturated heterocycles. The third kappa shape index (κ3) is 2.43. The second-order valence-corrected chi connectivity index (χ2v) is 3.65. The number of amides is 1. The highest BCUT2D eigenvalue weighted by atomic mass is 16.7. The molecule has 0 aliphatic carbocycles. The summed E-state index contributed by atoms with van der Waals surface area (Å²) in [6, 6.07) is 5.10. The number of hydrogen-bond acceptors (Lipinski definition) is 4. The van der Waals surface area contributed by atoms with E-state index >= 15 is 0 Å². The molecule has 1 aromatic rings. The topological polar surface area (TPSA) is 58.8 Å². The fraction of sp³-hybridized carbons (Fsp3) is 0.364. The first-order valence-electron chi connectivity index (χ1n) is 4.86. The normalized spacial score (nSPS) is 10.0. The lowest BCUT2D eigenvalue weighted by molar-refractivity contribution is 0.0827. The molecule has 0 saturated carbocycles. The van der Waals surface area contributed by atoms with Gasteiger partial charge in [0.25, 0.3) is 5.91 Å². The van der Waals surface area contributed by atoms with Gasteiger partial charge in [-0.3, -0.25) is 14.7 Å². The van der Waals surface area contributed by atoms with Gasteiger partial charge in [-0.25, -0.2) is 0 Å². The van der Waals surface area contributed by atoms with Crippen LogP contribution in [0.15, 0.2) is 18.2 Å². The summed E-state index contributed by atoms with van der Waals surface area (Å²) in [5, 5.41) is 1.52. The number of nitrogens with two attached hydrogens (primary N) is 1. The molecule has 0 unspecified atom stereocenters. The highest BCUT2D eigenvalue weighted by molar-refractivity contribution is 5.95. The van der Waals surface area contributed by atoms with Crippen LogP contribution >= 0.6 is 0 Å². The van der Waals surface area contributed by atoms with Crippen molar-refractivity contribution >= 4 is 17.3 Å². The van der Waals surface area contributed by atoms with Gasteiger partial charge >= 0.3 is 0 Å². The van der Waals surface area contributed by atoms with Crippen molar-refractivity contribution < 1.29 is 9.63 Å². The summed E-state index contributed by atoms with van der Waals surface area (Å²) in [4.78, 5) is 18.3. The average molecular weight is 223 g/mol. The molecule has 0 atom stereocenters. The van der Waals surface area contributed by atoms with E-state index in [0.29, 0.717) is 16.9 Å². The lowest BCUT2D eigenvalue weighted by Crippen LogP contribution is -2.23. The molecule has 1 aromatic carbocycles. The van der Waals surface area contributed by atoms with Crippen molar-refractivity contribution in [3.8, 4) is 0 Å². The van der Waals surface area contributed by atoms with Gasteiger partial charge in [0.05, 0.1) is 18.5 Å². The van der Waals surface area contributed by atoms with Crippen molar-refractivity contribution in [2.45, 2.75) is 0 Å². The standard InChI is InChI=1S/C11H17N3O2/c1-13(2)11(15)8-5-6-9(12)10(7-8)14(3)16-4/h5-7H,12H2,1-4H3. The third-order valence-corrected chi connectivity index (χ3v) is 2.30. The number of nitrogen functional groups attached to an aromatic ring is 1. The van der Waals surface area contributed by atoms with Crippen LogP contribution in [0.25, 0.3) is 0 Å². The lowest BCUT2D eigenvalue weighted by atomic mass is 10.1. The Labute approximate surface area is 95.3 Å². The average Bonchev–Trinajstić information content (AvgIpc) is 2.27. The number of nitrogens with zero attached hydrogens (tertiary/aromatic N) is 2. The van der Waals surface area contributed by atoms with Gasteiger partial charge in [-0.05, 0) is 18.2 Å². The first kappa shape index (κ1) is 12.3. The summed E-state index contributed by atoms with van der Waals surface area (Å²) >= 11 is 0. The summed E-state index contributed by atoms with van der Waals surface area (Å²) in [6.45, 7) is 0. The quantitative estimate of drug-likeness (QED) is 0.612. The first-order chi connectivity index (χ1) is 7.47. The summed E-state index contributed by atoms with van der Waals surface area (Å²) in [5.41, 5.74) is 7.62. The van der Waals surface area contributed by atoms with E-state index in [1.165, 1.54) is 9.96 Å². The molecule has 0 spiro atoms. The van der Waals surface area contributed by atoms with Gasteiger partial charge in [-0.15, -0.1) is 0 Å². The smallest absolute Gasteiger partial charge is 0.253 e. The van der Waals surface area contributed by atoms with E-state index in [9.17, 15) is 4.79 Å². The fourth-order valence-electron chi connectivity index (χ4n) is 1.31. The molecule has 0 fully saturated rings. The summed E-state index contributed by atoms with van der Waals surface area (Å²) in [6.07, 6.45) is 0. The minimum absolute atomic E-state index is 0.0641. The van der Waals surface area contributed by atoms with E-state index in [4.69, 9.17) is 10.6 Å². The molecule has 88 valence electrons. The maximum absolute atomic E-state index is 11.7. The van der Waals surface area contributed by atoms with Gasteiger partial charge in [0.15, 0.2) is 0 Å². The van der Waals surface area contributed by atoms with Crippen molar-refractivity contribution in [1.29, 1.82) is 0 Å². The Morgan fingerprint density at radius 1 is 1.31 bits per heavy atom. The summed E-state index contributed by atoms with van der Waals surface area (Å²) < 4.78 is 0. The van der Waals surface area contributed by atoms with Crippen molar-refractivity contribution in [2.75, 3.05) is 39.0 Å². The van der Waals surface area contributed by atoms with E-state index in [2.05, 4.69) is 0 Å². The van der Waals surface area contributed by atoms with Crippen LogP contribution in [0.1, 0.15) is 10.4 Å². The highest BCUT2D eigenvalue weighted by Gasteiger charge is 2.12. The van der Waals surface area contributed by atoms with Crippen molar-refractivity contribution in [3.05, 3.63) is 23.8 Å². The van der Waals surface area contributed by atoms with E-state index < -0.39 is 0 Å². The van der Waals surface area contributed by atoms with E-state index in [1.54, 1.807) is 46.5 Å². The van der Waals surface area contributed by atoms with Crippen molar-refractivity contribution in [3.63, 3.8) is 0 Å². The van der Waals surface area contributed by atoms with Crippen LogP contribution in [-0.4, -0.2) is 39.1 Å². The second-order valence-electron chi connectivity index (χ2n) is 3.65. The molecule has 16 heavy (non-hydrogen) atoms. The first-order valence-corrected chi connectivity index (χ1v) is 4.86. The zero-order valence-electron chi connectivity index (χ0n) is 10.0. The number of anilines is 2. The zero-order chi connectivity index (χ0) is 12.3. The van der Waals surface area contributed by atoms with Crippen LogP contribution in [0.4, 0.5) is 11.4 Å². The second kappa shape index (κ2) is 4.85. The van der Waals surface area contributed by atoms with Crippen LogP contribution in [0.5, 0.6) is 0 Å². The molecule has 0 radical (unpaired) electrons. The minimum atomic E-state index is -0.0641. The minimum Gasteiger partial charge on any atom is -0.397 e. The van der Waals surface area contributed by atoms with Gasteiger partial charge < -0.3 is 10.6 Å². The largest absolute Gasteiger partial charge is 0.397 e. The molecule has 2 N–H and O–H groups in total. The Bertz CT molecular complexity index is 391. The van der Waals surface area contributed by atoms with Gasteiger partial charge in [-0.2, -0.15) is 0 Å². The molecule has 0 heterocycles. The molecule has 5 heteroatoms. The van der Waals surface area contributed by atoms with Crippen LogP contribution in [0.3, 0.4) is 0 Å². The Morgan fingerprint density at radius 3 is 2.44 bits per heavy atom. The molecule has 0 aromatic heterocycles. The molecular formula is C11H17N3O2. The summed E-state index contributed by atoms with van der Waals surface area (Å²) in [5.74, 6) is -0.0641. The Balaban J connectivity index is 3.12. The molecule has 5 nitrogen and oxygen atoms in total. The van der Waals surface area contributed by atoms with Gasteiger partial charge in [0.2, 0.25) is 0 Å². The van der Waals surface area contributed by atoms with Gasteiger partial charge in [-0.1, -0.05) is 0 Å². The van der Waals surface area contributed by atoms with Gasteiger partial charge in [0.1, 0.15) is 0 Å². The monoisotopic (exact) mass is 223 g/mol. The Morgan fingerprint density at radius 2 is 1.94 bits per heavy atom. The van der Waals surface area contributed by atoms with Crippen LogP contribution in [0, 0.1) is 0 Å². The molecule has 0 aliphatic heterocycles. The highest BCUT2D eigenvalue weighted by Crippen LogP contribution is 2.23. The predicted molar refractivity (Wildman–Crippen MR) is 64.3 cm³/mol. The predicted octanol–water partition coefficient (Wildman–Crippen LogP) is 0.968. The molecule has 0 bridgehead atoms. The number of carbonyl (C=O) groups excluding carboxylic acids is 1. The van der Waals surface area contributed by atoms with Gasteiger partial charge in [0, 0.05) is 26.7 Å². The molecule has 0 aliphatic rings. The number of carbonyl (C=O) groups is 1. The lowest BCUT2D eigenvalue weighted by Gasteiger charge is -2.19. The van der Waals surface area contributed by atoms with E-state index in [-0.39, 0.29) is 5.91 Å². The van der Waals surface area contributed by atoms with Crippen molar-refractivity contribution in [2.24, 2.45) is 0 Å². The Kier molecular flexibility index (Phi) is 3.73. The van der Waals surface area contributed by atoms with Crippen LogP contribution in [0.2, 0.25) is 0 Å². The number of rotatable bonds is 3. The maximum atomic E-state index is 11.7. The third-order valence-electron chi connectivity index (χ3n) is 2.30. The van der Waals surface area contributed by atoms with Crippen LogP contribution < -0.4 is 10.8 Å². The number of benzene rings is 1. The zero-order valence-corrected chi connectivity index (χ0v) is 10.0. The maximum Gasteiger partial charge on any atom is 0.253 e. The molecule has 1 amide bonds. The number of hydroxylamine groups is 1. The fourth-order valence-corrected chi connectivity index (χ4v) is 1.31. The SMILES string of the molecule is CON(C)c1cc(C(=O)N(C)C)ccc1N.